The van der Waals surface area contributed by atoms with Gasteiger partial charge in [0.05, 0.1) is 26.2 Å². The molecule has 0 aliphatic carbocycles. The first-order valence-electron chi connectivity index (χ1n) is 6.29. The van der Waals surface area contributed by atoms with Crippen molar-refractivity contribution in [2.24, 2.45) is 5.10 Å². The predicted molar refractivity (Wildman–Crippen MR) is 100 cm³/mol. The molecule has 1 aromatic heterocycles. The molecule has 9 heteroatoms. The summed E-state index contributed by atoms with van der Waals surface area (Å²) in [6.07, 6.45) is 2.83. The van der Waals surface area contributed by atoms with E-state index in [4.69, 9.17) is 4.42 Å². The second-order valence-electron chi connectivity index (χ2n) is 4.29. The topological polar surface area (TPSA) is 104 Å². The molecule has 0 fully saturated rings. The van der Waals surface area contributed by atoms with Crippen LogP contribution in [0.5, 0.6) is 5.75 Å². The Kier molecular flexibility index (Phi) is 6.38. The molecule has 1 heterocycles. The second kappa shape index (κ2) is 8.29. The SMILES string of the molecule is O=C(CNC(=O)c1ccco1)N/N=C/c1cc(I)c(O)c(I)c1. The number of rotatable bonds is 5. The molecular weight excluding hydrogens is 528 g/mol. The average molecular weight is 539 g/mol. The Bertz CT molecular complexity index is 721. The lowest BCUT2D eigenvalue weighted by Crippen LogP contribution is -2.34. The molecule has 2 aromatic rings. The number of hydrogen-bond acceptors (Lipinski definition) is 5. The van der Waals surface area contributed by atoms with Crippen molar-refractivity contribution in [1.82, 2.24) is 10.7 Å². The van der Waals surface area contributed by atoms with Crippen molar-refractivity contribution in [3.05, 3.63) is 49.0 Å². The van der Waals surface area contributed by atoms with E-state index in [9.17, 15) is 14.7 Å². The zero-order valence-electron chi connectivity index (χ0n) is 11.5. The number of carbonyl (C=O) groups excluding carboxylic acids is 2. The fraction of sp³-hybridized carbons (Fsp3) is 0.0714. The second-order valence-corrected chi connectivity index (χ2v) is 6.61. The summed E-state index contributed by atoms with van der Waals surface area (Å²) in [5.74, 6) is -0.594. The maximum atomic E-state index is 11.6. The largest absolute Gasteiger partial charge is 0.506 e. The molecule has 0 spiro atoms. The Labute approximate surface area is 158 Å². The Morgan fingerprint density at radius 1 is 1.30 bits per heavy atom. The predicted octanol–water partition coefficient (Wildman–Crippen LogP) is 2.07. The van der Waals surface area contributed by atoms with Crippen LogP contribution in [0.2, 0.25) is 0 Å². The van der Waals surface area contributed by atoms with Gasteiger partial charge in [-0.05, 0) is 75.0 Å². The zero-order valence-corrected chi connectivity index (χ0v) is 15.9. The van der Waals surface area contributed by atoms with Gasteiger partial charge in [0.25, 0.3) is 11.8 Å². The minimum absolute atomic E-state index is 0.134. The molecule has 120 valence electrons. The molecule has 23 heavy (non-hydrogen) atoms. The molecule has 0 saturated carbocycles. The zero-order chi connectivity index (χ0) is 16.8. The smallest absolute Gasteiger partial charge is 0.287 e. The lowest BCUT2D eigenvalue weighted by molar-refractivity contribution is -0.120. The summed E-state index contributed by atoms with van der Waals surface area (Å²) in [5.41, 5.74) is 3.04. The van der Waals surface area contributed by atoms with Gasteiger partial charge in [-0.1, -0.05) is 0 Å². The van der Waals surface area contributed by atoms with Crippen LogP contribution in [0.4, 0.5) is 0 Å². The van der Waals surface area contributed by atoms with Gasteiger partial charge in [0.15, 0.2) is 5.76 Å². The number of nitrogens with one attached hydrogen (secondary N) is 2. The van der Waals surface area contributed by atoms with Crippen molar-refractivity contribution < 1.29 is 19.1 Å². The van der Waals surface area contributed by atoms with Crippen LogP contribution in [0.3, 0.4) is 0 Å². The summed E-state index contributed by atoms with van der Waals surface area (Å²) in [4.78, 5) is 23.1. The normalized spacial score (nSPS) is 10.7. The summed E-state index contributed by atoms with van der Waals surface area (Å²) in [7, 11) is 0. The third kappa shape index (κ3) is 5.20. The number of amides is 2. The Balaban J connectivity index is 1.83. The number of halogens is 2. The van der Waals surface area contributed by atoms with Gasteiger partial charge in [0.1, 0.15) is 5.75 Å². The summed E-state index contributed by atoms with van der Waals surface area (Å²) < 4.78 is 6.28. The molecule has 2 rings (SSSR count). The van der Waals surface area contributed by atoms with Crippen LogP contribution < -0.4 is 10.7 Å². The van der Waals surface area contributed by atoms with Crippen molar-refractivity contribution in [2.75, 3.05) is 6.54 Å². The highest BCUT2D eigenvalue weighted by Gasteiger charge is 2.09. The maximum absolute atomic E-state index is 11.6. The summed E-state index contributed by atoms with van der Waals surface area (Å²) in [5, 5.41) is 15.9. The van der Waals surface area contributed by atoms with Crippen LogP contribution in [0, 0.1) is 7.14 Å². The molecule has 0 aliphatic heterocycles. The van der Waals surface area contributed by atoms with E-state index in [0.717, 1.165) is 5.56 Å². The van der Waals surface area contributed by atoms with E-state index in [-0.39, 0.29) is 18.1 Å². The molecule has 3 N–H and O–H groups in total. The molecule has 0 unspecified atom stereocenters. The number of aromatic hydroxyl groups is 1. The number of hydrazone groups is 1. The van der Waals surface area contributed by atoms with Gasteiger partial charge >= 0.3 is 0 Å². The van der Waals surface area contributed by atoms with E-state index in [2.05, 4.69) is 15.8 Å². The lowest BCUT2D eigenvalue weighted by Gasteiger charge is -2.03. The first kappa shape index (κ1) is 17.7. The Morgan fingerprint density at radius 3 is 2.61 bits per heavy atom. The molecule has 7 nitrogen and oxygen atoms in total. The summed E-state index contributed by atoms with van der Waals surface area (Å²) in [6, 6.07) is 6.54. The van der Waals surface area contributed by atoms with Crippen LogP contribution in [-0.2, 0) is 4.79 Å². The van der Waals surface area contributed by atoms with Gasteiger partial charge in [-0.3, -0.25) is 9.59 Å². The Hall–Kier alpha value is -1.63. The fourth-order valence-corrected chi connectivity index (χ4v) is 3.35. The number of hydrogen-bond donors (Lipinski definition) is 3. The van der Waals surface area contributed by atoms with Crippen LogP contribution >= 0.6 is 45.2 Å². The lowest BCUT2D eigenvalue weighted by atomic mass is 10.2. The van der Waals surface area contributed by atoms with Crippen molar-refractivity contribution in [3.63, 3.8) is 0 Å². The summed E-state index contributed by atoms with van der Waals surface area (Å²) >= 11 is 4.01. The van der Waals surface area contributed by atoms with E-state index >= 15 is 0 Å². The number of carbonyl (C=O) groups is 2. The number of phenolic OH excluding ortho intramolecular Hbond substituents is 1. The molecule has 0 bridgehead atoms. The van der Waals surface area contributed by atoms with Gasteiger partial charge in [-0.2, -0.15) is 5.10 Å². The highest BCUT2D eigenvalue weighted by molar-refractivity contribution is 14.1. The standard InChI is InChI=1S/C14H11I2N3O4/c15-9-4-8(5-10(16)13(9)21)6-18-19-12(20)7-17-14(22)11-2-1-3-23-11/h1-6,21H,7H2,(H,17,22)(H,19,20)/b18-6+. The highest BCUT2D eigenvalue weighted by Crippen LogP contribution is 2.26. The molecule has 2 amide bonds. The average Bonchev–Trinajstić information content (AvgIpc) is 3.04. The van der Waals surface area contributed by atoms with Crippen molar-refractivity contribution in [2.45, 2.75) is 0 Å². The first-order valence-corrected chi connectivity index (χ1v) is 8.44. The fourth-order valence-electron chi connectivity index (χ4n) is 1.53. The van der Waals surface area contributed by atoms with Crippen LogP contribution in [0.1, 0.15) is 16.1 Å². The Morgan fingerprint density at radius 2 is 2.00 bits per heavy atom. The maximum Gasteiger partial charge on any atom is 0.287 e. The van der Waals surface area contributed by atoms with Gasteiger partial charge in [0.2, 0.25) is 0 Å². The monoisotopic (exact) mass is 539 g/mol. The van der Waals surface area contributed by atoms with Gasteiger partial charge in [0, 0.05) is 0 Å². The van der Waals surface area contributed by atoms with E-state index in [1.807, 2.05) is 45.2 Å². The molecule has 0 saturated heterocycles. The number of nitrogens with zero attached hydrogens (tertiary/aromatic N) is 1. The minimum atomic E-state index is -0.475. The molecule has 0 radical (unpaired) electrons. The number of furan rings is 1. The van der Waals surface area contributed by atoms with Crippen molar-refractivity contribution in [3.8, 4) is 5.75 Å². The molecule has 1 aromatic carbocycles. The molecule has 0 aliphatic rings. The van der Waals surface area contributed by atoms with Gasteiger partial charge in [-0.25, -0.2) is 5.43 Å². The van der Waals surface area contributed by atoms with Crippen molar-refractivity contribution >= 4 is 63.2 Å². The molecule has 0 atom stereocenters. The van der Waals surface area contributed by atoms with E-state index in [1.54, 1.807) is 18.2 Å². The third-order valence-electron chi connectivity index (χ3n) is 2.60. The van der Waals surface area contributed by atoms with E-state index in [0.29, 0.717) is 7.14 Å². The van der Waals surface area contributed by atoms with Crippen LogP contribution in [-0.4, -0.2) is 29.7 Å². The summed E-state index contributed by atoms with van der Waals surface area (Å²) in [6.45, 7) is -0.221. The quantitative estimate of drug-likeness (QED) is 0.308. The van der Waals surface area contributed by atoms with Gasteiger partial charge in [-0.15, -0.1) is 0 Å². The molecular formula is C14H11I2N3O4. The first-order chi connectivity index (χ1) is 11.0. The minimum Gasteiger partial charge on any atom is -0.506 e. The van der Waals surface area contributed by atoms with Crippen molar-refractivity contribution in [1.29, 1.82) is 0 Å². The number of benzene rings is 1. The van der Waals surface area contributed by atoms with Gasteiger partial charge < -0.3 is 14.8 Å². The highest BCUT2D eigenvalue weighted by atomic mass is 127. The number of phenols is 1. The third-order valence-corrected chi connectivity index (χ3v) is 4.24. The van der Waals surface area contributed by atoms with E-state index in [1.165, 1.54) is 18.5 Å². The van der Waals surface area contributed by atoms with E-state index < -0.39 is 11.8 Å². The van der Waals surface area contributed by atoms with Crippen LogP contribution in [0.15, 0.2) is 40.0 Å². The van der Waals surface area contributed by atoms with Crippen LogP contribution in [0.25, 0.3) is 0 Å².